The molecule has 0 saturated heterocycles. The zero-order valence-electron chi connectivity index (χ0n) is 6.47. The second-order valence-corrected chi connectivity index (χ2v) is 2.73. The molecule has 0 atom stereocenters. The van der Waals surface area contributed by atoms with Gasteiger partial charge in [0.2, 0.25) is 0 Å². The van der Waals surface area contributed by atoms with Gasteiger partial charge in [-0.25, -0.2) is 13.8 Å². The summed E-state index contributed by atoms with van der Waals surface area (Å²) >= 11 is 5.44. The van der Waals surface area contributed by atoms with Gasteiger partial charge in [-0.15, -0.1) is 0 Å². The van der Waals surface area contributed by atoms with E-state index in [2.05, 4.69) is 4.98 Å². The molecule has 0 saturated carbocycles. The molecule has 0 radical (unpaired) electrons. The Kier molecular flexibility index (Phi) is 3.00. The topological polar surface area (TPSA) is 59.1 Å². The summed E-state index contributed by atoms with van der Waals surface area (Å²) in [4.78, 5) is 3.37. The number of nitrogen functional groups attached to an aromatic ring is 1. The van der Waals surface area contributed by atoms with E-state index in [4.69, 9.17) is 22.4 Å². The first-order chi connectivity index (χ1) is 6.06. The van der Waals surface area contributed by atoms with Crippen LogP contribution >= 0.6 is 11.6 Å². The van der Waals surface area contributed by atoms with Crippen molar-refractivity contribution < 1.29 is 13.9 Å². The highest BCUT2D eigenvalue weighted by atomic mass is 35.5. The van der Waals surface area contributed by atoms with Crippen molar-refractivity contribution in [3.05, 3.63) is 22.5 Å². The zero-order valence-corrected chi connectivity index (χ0v) is 7.22. The minimum Gasteiger partial charge on any atom is -0.396 e. The molecule has 0 aliphatic carbocycles. The maximum atomic E-state index is 12.3. The van der Waals surface area contributed by atoms with Gasteiger partial charge in [0.25, 0.3) is 6.43 Å². The second kappa shape index (κ2) is 3.85. The maximum Gasteiger partial charge on any atom is 0.280 e. The molecule has 0 aliphatic heterocycles. The van der Waals surface area contributed by atoms with Crippen LogP contribution in [0.3, 0.4) is 0 Å². The number of halogens is 3. The zero-order chi connectivity index (χ0) is 10.0. The summed E-state index contributed by atoms with van der Waals surface area (Å²) in [5.74, 6) is 0. The van der Waals surface area contributed by atoms with Gasteiger partial charge >= 0.3 is 0 Å². The van der Waals surface area contributed by atoms with Crippen molar-refractivity contribution >= 4 is 17.3 Å². The first-order valence-electron chi connectivity index (χ1n) is 3.40. The predicted octanol–water partition coefficient (Wildman–Crippen LogP) is 1.75. The Morgan fingerprint density at radius 1 is 1.62 bits per heavy atom. The highest BCUT2D eigenvalue weighted by Crippen LogP contribution is 2.26. The van der Waals surface area contributed by atoms with E-state index in [0.717, 1.165) is 0 Å². The number of nitrogens with two attached hydrogens (primary N) is 1. The van der Waals surface area contributed by atoms with Crippen LogP contribution in [0.5, 0.6) is 0 Å². The average Bonchev–Trinajstić information content (AvgIpc) is 2.08. The number of anilines is 1. The van der Waals surface area contributed by atoms with E-state index in [1.54, 1.807) is 0 Å². The van der Waals surface area contributed by atoms with Crippen molar-refractivity contribution in [2.45, 2.75) is 13.0 Å². The van der Waals surface area contributed by atoms with E-state index in [-0.39, 0.29) is 16.4 Å². The molecule has 0 fully saturated rings. The number of rotatable bonds is 2. The summed E-state index contributed by atoms with van der Waals surface area (Å²) in [5, 5.41) is 8.54. The Hall–Kier alpha value is -0.940. The molecule has 3 nitrogen and oxygen atoms in total. The fraction of sp³-hybridized carbons (Fsp3) is 0.286. The molecule has 0 aromatic carbocycles. The second-order valence-electron chi connectivity index (χ2n) is 2.37. The van der Waals surface area contributed by atoms with E-state index in [0.29, 0.717) is 0 Å². The molecule has 0 unspecified atom stereocenters. The standard InChI is InChI=1S/C7H7ClF2N2O/c8-6-4(11)1-3(2-13)5(12-6)7(9)10/h1,7,13H,2,11H2. The first kappa shape index (κ1) is 10.1. The summed E-state index contributed by atoms with van der Waals surface area (Å²) in [6.45, 7) is -0.534. The van der Waals surface area contributed by atoms with Crippen molar-refractivity contribution in [3.8, 4) is 0 Å². The monoisotopic (exact) mass is 208 g/mol. The number of hydrogen-bond acceptors (Lipinski definition) is 3. The molecule has 6 heteroatoms. The highest BCUT2D eigenvalue weighted by molar-refractivity contribution is 6.31. The van der Waals surface area contributed by atoms with Gasteiger partial charge in [-0.1, -0.05) is 11.6 Å². The lowest BCUT2D eigenvalue weighted by Gasteiger charge is -2.07. The molecular formula is C7H7ClF2N2O. The fourth-order valence-corrected chi connectivity index (χ4v) is 1.02. The number of aliphatic hydroxyl groups is 1. The Bertz CT molecular complexity index is 320. The van der Waals surface area contributed by atoms with Gasteiger partial charge in [0.05, 0.1) is 12.3 Å². The Labute approximate surface area is 78.1 Å². The predicted molar refractivity (Wildman–Crippen MR) is 44.5 cm³/mol. The molecule has 1 rings (SSSR count). The van der Waals surface area contributed by atoms with Crippen LogP contribution < -0.4 is 5.73 Å². The van der Waals surface area contributed by atoms with Crippen LogP contribution in [0.2, 0.25) is 5.15 Å². The molecule has 72 valence electrons. The number of pyridine rings is 1. The minimum absolute atomic E-state index is 0.00287. The Morgan fingerprint density at radius 2 is 2.23 bits per heavy atom. The van der Waals surface area contributed by atoms with Crippen LogP contribution in [0.1, 0.15) is 17.7 Å². The van der Waals surface area contributed by atoms with Gasteiger partial charge in [0.15, 0.2) is 5.15 Å². The van der Waals surface area contributed by atoms with E-state index in [1.165, 1.54) is 6.07 Å². The molecule has 3 N–H and O–H groups in total. The Balaban J connectivity index is 3.25. The van der Waals surface area contributed by atoms with Gasteiger partial charge < -0.3 is 10.8 Å². The van der Waals surface area contributed by atoms with Crippen molar-refractivity contribution in [2.24, 2.45) is 0 Å². The normalized spacial score (nSPS) is 10.8. The lowest BCUT2D eigenvalue weighted by molar-refractivity contribution is 0.141. The smallest absolute Gasteiger partial charge is 0.280 e. The lowest BCUT2D eigenvalue weighted by Crippen LogP contribution is -2.02. The third-order valence-electron chi connectivity index (χ3n) is 1.49. The summed E-state index contributed by atoms with van der Waals surface area (Å²) in [6, 6.07) is 1.19. The van der Waals surface area contributed by atoms with Crippen molar-refractivity contribution in [1.82, 2.24) is 4.98 Å². The van der Waals surface area contributed by atoms with E-state index >= 15 is 0 Å². The molecule has 0 aliphatic rings. The number of aliphatic hydroxyl groups excluding tert-OH is 1. The van der Waals surface area contributed by atoms with Crippen molar-refractivity contribution in [2.75, 3.05) is 5.73 Å². The molecule has 1 aromatic rings. The third-order valence-corrected chi connectivity index (χ3v) is 1.80. The number of aromatic nitrogens is 1. The average molecular weight is 209 g/mol. The summed E-state index contributed by atoms with van der Waals surface area (Å²) in [6.07, 6.45) is -2.76. The van der Waals surface area contributed by atoms with Crippen LogP contribution in [-0.4, -0.2) is 10.1 Å². The highest BCUT2D eigenvalue weighted by Gasteiger charge is 2.16. The van der Waals surface area contributed by atoms with Crippen molar-refractivity contribution in [1.29, 1.82) is 0 Å². The number of nitrogens with zero attached hydrogens (tertiary/aromatic N) is 1. The quantitative estimate of drug-likeness (QED) is 0.728. The number of alkyl halides is 2. The lowest BCUT2D eigenvalue weighted by atomic mass is 10.2. The SMILES string of the molecule is Nc1cc(CO)c(C(F)F)nc1Cl. The molecule has 1 heterocycles. The van der Waals surface area contributed by atoms with Crippen LogP contribution in [0.4, 0.5) is 14.5 Å². The molecule has 0 amide bonds. The summed E-state index contributed by atoms with van der Waals surface area (Å²) < 4.78 is 24.5. The van der Waals surface area contributed by atoms with Gasteiger partial charge in [-0.3, -0.25) is 0 Å². The molecule has 1 aromatic heterocycles. The van der Waals surface area contributed by atoms with E-state index in [9.17, 15) is 8.78 Å². The van der Waals surface area contributed by atoms with Crippen LogP contribution in [0.25, 0.3) is 0 Å². The van der Waals surface area contributed by atoms with Crippen molar-refractivity contribution in [3.63, 3.8) is 0 Å². The maximum absolute atomic E-state index is 12.3. The largest absolute Gasteiger partial charge is 0.396 e. The van der Waals surface area contributed by atoms with Gasteiger partial charge in [0.1, 0.15) is 5.69 Å². The molecule has 13 heavy (non-hydrogen) atoms. The van der Waals surface area contributed by atoms with Gasteiger partial charge in [-0.05, 0) is 6.07 Å². The van der Waals surface area contributed by atoms with Gasteiger partial charge in [-0.2, -0.15) is 0 Å². The Morgan fingerprint density at radius 3 is 2.69 bits per heavy atom. The third kappa shape index (κ3) is 2.05. The van der Waals surface area contributed by atoms with Crippen LogP contribution in [0, 0.1) is 0 Å². The number of hydrogen-bond donors (Lipinski definition) is 2. The first-order valence-corrected chi connectivity index (χ1v) is 3.78. The van der Waals surface area contributed by atoms with Crippen LogP contribution in [0.15, 0.2) is 6.07 Å². The minimum atomic E-state index is -2.76. The molecule has 0 spiro atoms. The molecule has 0 bridgehead atoms. The van der Waals surface area contributed by atoms with Crippen LogP contribution in [-0.2, 0) is 6.61 Å². The fourth-order valence-electron chi connectivity index (χ4n) is 0.879. The summed E-state index contributed by atoms with van der Waals surface area (Å²) in [7, 11) is 0. The van der Waals surface area contributed by atoms with E-state index in [1.807, 2.05) is 0 Å². The molecular weight excluding hydrogens is 202 g/mol. The van der Waals surface area contributed by atoms with Gasteiger partial charge in [0, 0.05) is 5.56 Å². The van der Waals surface area contributed by atoms with E-state index < -0.39 is 18.7 Å². The summed E-state index contributed by atoms with van der Waals surface area (Å²) in [5.41, 5.74) is 4.86.